The van der Waals surface area contributed by atoms with Gasteiger partial charge in [-0.2, -0.15) is 0 Å². The van der Waals surface area contributed by atoms with E-state index >= 15 is 0 Å². The van der Waals surface area contributed by atoms with Crippen LogP contribution < -0.4 is 31.7 Å². The van der Waals surface area contributed by atoms with E-state index in [0.717, 1.165) is 10.9 Å². The van der Waals surface area contributed by atoms with E-state index in [1.165, 1.54) is 20.7 Å². The maximum atomic E-state index is 10.7. The fourth-order valence-corrected chi connectivity index (χ4v) is 9.63. The van der Waals surface area contributed by atoms with E-state index in [1.54, 1.807) is 42.7 Å². The van der Waals surface area contributed by atoms with Crippen molar-refractivity contribution in [1.29, 1.82) is 0 Å². The van der Waals surface area contributed by atoms with E-state index in [9.17, 15) is 10.2 Å². The van der Waals surface area contributed by atoms with Gasteiger partial charge < -0.3 is 19.5 Å². The molecule has 0 aliphatic rings. The van der Waals surface area contributed by atoms with Crippen molar-refractivity contribution in [1.82, 2.24) is 0 Å². The van der Waals surface area contributed by atoms with Gasteiger partial charge >= 0.3 is 15.0 Å². The van der Waals surface area contributed by atoms with E-state index < -0.39 is 30.5 Å². The average Bonchev–Trinajstić information content (AvgIpc) is 2.96. The van der Waals surface area contributed by atoms with Crippen LogP contribution in [0.2, 0.25) is 0 Å². The Labute approximate surface area is 260 Å². The fourth-order valence-electron chi connectivity index (χ4n) is 4.79. The second-order valence-electron chi connectivity index (χ2n) is 13.3. The molecular weight excluding hydrogens is 546 g/mol. The lowest BCUT2D eigenvalue weighted by atomic mass is 9.82. The number of aliphatic hydroxyl groups is 2. The molecular formula is C36H44B2O4Si. The smallest absolute Gasteiger partial charge is 0.330 e. The van der Waals surface area contributed by atoms with E-state index in [4.69, 9.17) is 9.31 Å². The van der Waals surface area contributed by atoms with Gasteiger partial charge in [0.05, 0.1) is 22.4 Å². The van der Waals surface area contributed by atoms with Crippen molar-refractivity contribution in [3.63, 3.8) is 0 Å². The summed E-state index contributed by atoms with van der Waals surface area (Å²) in [6, 6.07) is 38.6. The first-order valence-corrected chi connectivity index (χ1v) is 16.9. The van der Waals surface area contributed by atoms with Gasteiger partial charge in [0.15, 0.2) is 8.07 Å². The fraction of sp³-hybridized carbons (Fsp3) is 0.333. The van der Waals surface area contributed by atoms with Gasteiger partial charge in [0.1, 0.15) is 0 Å². The van der Waals surface area contributed by atoms with Crippen molar-refractivity contribution in [2.75, 3.05) is 0 Å². The molecule has 0 heterocycles. The lowest BCUT2D eigenvalue weighted by Gasteiger charge is -2.38. The normalized spacial score (nSPS) is 13.1. The lowest BCUT2D eigenvalue weighted by Crippen LogP contribution is -2.75. The van der Waals surface area contributed by atoms with Crippen LogP contribution in [0, 0.1) is 0 Å². The zero-order chi connectivity index (χ0) is 31.5. The first kappa shape index (κ1) is 33.0. The van der Waals surface area contributed by atoms with Gasteiger partial charge in [-0.05, 0) is 76.1 Å². The topological polar surface area (TPSA) is 58.9 Å². The van der Waals surface area contributed by atoms with Crippen LogP contribution in [0.4, 0.5) is 0 Å². The molecule has 2 N–H and O–H groups in total. The van der Waals surface area contributed by atoms with Gasteiger partial charge in [-0.1, -0.05) is 120 Å². The highest BCUT2D eigenvalue weighted by Crippen LogP contribution is 2.25. The number of rotatable bonds is 12. The van der Waals surface area contributed by atoms with Gasteiger partial charge in [-0.15, -0.1) is 0 Å². The molecule has 4 aromatic rings. The Bertz CT molecular complexity index is 1380. The van der Waals surface area contributed by atoms with Gasteiger partial charge in [0, 0.05) is 0 Å². The summed E-state index contributed by atoms with van der Waals surface area (Å²) < 4.78 is 12.3. The summed E-state index contributed by atoms with van der Waals surface area (Å²) in [7, 11) is 0.679. The van der Waals surface area contributed by atoms with Gasteiger partial charge in [-0.25, -0.2) is 0 Å². The Hall–Kier alpha value is -2.93. The average molecular weight is 590 g/mol. The van der Waals surface area contributed by atoms with E-state index in [1.807, 2.05) is 39.8 Å². The van der Waals surface area contributed by atoms with Gasteiger partial charge in [0.2, 0.25) is 0 Å². The predicted octanol–water partition coefficient (Wildman–Crippen LogP) is 2.69. The van der Waals surface area contributed by atoms with Crippen LogP contribution >= 0.6 is 0 Å². The highest BCUT2D eigenvalue weighted by Gasteiger charge is 2.42. The summed E-state index contributed by atoms with van der Waals surface area (Å²) in [6.45, 7) is 14.6. The summed E-state index contributed by atoms with van der Waals surface area (Å²) >= 11 is 0. The number of hydrogen-bond acceptors (Lipinski definition) is 4. The first-order valence-electron chi connectivity index (χ1n) is 14.9. The zero-order valence-electron chi connectivity index (χ0n) is 26.8. The number of benzene rings is 4. The molecule has 0 aliphatic carbocycles. The predicted molar refractivity (Wildman–Crippen MR) is 184 cm³/mol. The molecule has 0 amide bonds. The Morgan fingerprint density at radius 1 is 0.465 bits per heavy atom. The SMILES string of the molecule is CC(C)(O)C(C)(C)O[B]c1cccc([Si](c2ccccc2)(c2ccccc2)c2cccc([B]OC(C)(C)C(C)(C)O)c2)c1. The molecule has 0 saturated heterocycles. The first-order chi connectivity index (χ1) is 20.1. The molecule has 0 unspecified atom stereocenters. The quantitative estimate of drug-likeness (QED) is 0.197. The molecule has 0 fully saturated rings. The molecule has 7 heteroatoms. The van der Waals surface area contributed by atoms with Crippen LogP contribution in [-0.4, -0.2) is 55.7 Å². The van der Waals surface area contributed by atoms with Crippen LogP contribution in [-0.2, 0) is 9.31 Å². The van der Waals surface area contributed by atoms with Crippen LogP contribution in [0.3, 0.4) is 0 Å². The summed E-state index contributed by atoms with van der Waals surface area (Å²) in [6.07, 6.45) is 0. The van der Waals surface area contributed by atoms with Crippen LogP contribution in [0.1, 0.15) is 55.4 Å². The Kier molecular flexibility index (Phi) is 9.65. The largest absolute Gasteiger partial charge is 0.427 e. The minimum Gasteiger partial charge on any atom is -0.427 e. The van der Waals surface area contributed by atoms with Crippen molar-refractivity contribution < 1.29 is 19.5 Å². The van der Waals surface area contributed by atoms with Crippen molar-refractivity contribution in [3.05, 3.63) is 109 Å². The molecule has 0 aliphatic heterocycles. The van der Waals surface area contributed by atoms with Crippen LogP contribution in [0.15, 0.2) is 109 Å². The summed E-state index contributed by atoms with van der Waals surface area (Å²) in [5.41, 5.74) is -1.75. The molecule has 4 nitrogen and oxygen atoms in total. The minimum atomic E-state index is -2.84. The van der Waals surface area contributed by atoms with E-state index in [2.05, 4.69) is 97.1 Å². The molecule has 222 valence electrons. The third-order valence-electron chi connectivity index (χ3n) is 8.98. The maximum absolute atomic E-state index is 10.7. The van der Waals surface area contributed by atoms with Crippen molar-refractivity contribution in [2.45, 2.75) is 77.8 Å². The molecule has 43 heavy (non-hydrogen) atoms. The Balaban J connectivity index is 1.88. The molecule has 0 atom stereocenters. The van der Waals surface area contributed by atoms with Gasteiger partial charge in [-0.3, -0.25) is 0 Å². The minimum absolute atomic E-state index is 0.780. The third-order valence-corrected chi connectivity index (χ3v) is 13.7. The molecule has 4 rings (SSSR count). The lowest BCUT2D eigenvalue weighted by molar-refractivity contribution is -0.0893. The third kappa shape index (κ3) is 7.08. The van der Waals surface area contributed by atoms with Crippen molar-refractivity contribution >= 4 is 54.7 Å². The summed E-state index contributed by atoms with van der Waals surface area (Å²) in [5.74, 6) is 0. The zero-order valence-corrected chi connectivity index (χ0v) is 27.8. The summed E-state index contributed by atoms with van der Waals surface area (Å²) in [4.78, 5) is 0. The van der Waals surface area contributed by atoms with Gasteiger partial charge in [0.25, 0.3) is 0 Å². The standard InChI is InChI=1S/C36H44B2O4Si/c1-33(2,39)35(5,6)41-37-27-17-15-23-31(25-27)43(29-19-11-9-12-20-29,30-21-13-10-14-22-30)32-24-16-18-28(26-32)38-42-36(7,8)34(3,4)40/h9-26,39-40H,1-8H3. The van der Waals surface area contributed by atoms with E-state index in [0.29, 0.717) is 0 Å². The summed E-state index contributed by atoms with van der Waals surface area (Å²) in [5, 5.41) is 26.2. The molecule has 0 spiro atoms. The Morgan fingerprint density at radius 2 is 0.791 bits per heavy atom. The second kappa shape index (κ2) is 12.6. The highest BCUT2D eigenvalue weighted by atomic mass is 28.3. The second-order valence-corrected chi connectivity index (χ2v) is 17.2. The van der Waals surface area contributed by atoms with E-state index in [-0.39, 0.29) is 0 Å². The maximum Gasteiger partial charge on any atom is 0.330 e. The van der Waals surface area contributed by atoms with Crippen LogP contribution in [0.5, 0.6) is 0 Å². The molecule has 0 saturated carbocycles. The Morgan fingerprint density at radius 3 is 1.12 bits per heavy atom. The van der Waals surface area contributed by atoms with Crippen molar-refractivity contribution in [3.8, 4) is 0 Å². The van der Waals surface area contributed by atoms with Crippen LogP contribution in [0.25, 0.3) is 0 Å². The highest BCUT2D eigenvalue weighted by molar-refractivity contribution is 7.20. The van der Waals surface area contributed by atoms with Crippen molar-refractivity contribution in [2.24, 2.45) is 0 Å². The molecule has 4 aromatic carbocycles. The molecule has 2 radical (unpaired) electrons. The monoisotopic (exact) mass is 590 g/mol. The number of hydrogen-bond donors (Lipinski definition) is 2. The molecule has 0 bridgehead atoms. The molecule has 0 aromatic heterocycles.